The van der Waals surface area contributed by atoms with Gasteiger partial charge in [-0.2, -0.15) is 5.06 Å². The Kier molecular flexibility index (Phi) is 5.60. The van der Waals surface area contributed by atoms with Crippen molar-refractivity contribution in [2.24, 2.45) is 11.3 Å². The van der Waals surface area contributed by atoms with Gasteiger partial charge in [-0.25, -0.2) is 0 Å². The van der Waals surface area contributed by atoms with Gasteiger partial charge in [-0.05, 0) is 29.7 Å². The number of hydrogen-bond acceptors (Lipinski definition) is 4. The van der Waals surface area contributed by atoms with Crippen LogP contribution in [0.15, 0.2) is 48.5 Å². The Bertz CT molecular complexity index is 921. The lowest BCUT2D eigenvalue weighted by Gasteiger charge is -2.44. The summed E-state index contributed by atoms with van der Waals surface area (Å²) in [5.41, 5.74) is 2.91. The van der Waals surface area contributed by atoms with Gasteiger partial charge >= 0.3 is 0 Å². The first kappa shape index (κ1) is 20.9. The van der Waals surface area contributed by atoms with E-state index in [9.17, 15) is 4.79 Å². The molecule has 0 aromatic heterocycles. The third kappa shape index (κ3) is 3.84. The maximum absolute atomic E-state index is 13.4. The Hall–Kier alpha value is -2.37. The highest BCUT2D eigenvalue weighted by Crippen LogP contribution is 2.41. The Morgan fingerprint density at radius 1 is 1.13 bits per heavy atom. The zero-order valence-electron chi connectivity index (χ0n) is 18.6. The summed E-state index contributed by atoms with van der Waals surface area (Å²) in [7, 11) is 3.71. The highest BCUT2D eigenvalue weighted by atomic mass is 16.7. The molecule has 2 aromatic rings. The molecule has 2 heterocycles. The Labute approximate surface area is 179 Å². The minimum atomic E-state index is -0.420. The van der Waals surface area contributed by atoms with Crippen molar-refractivity contribution in [3.05, 3.63) is 54.1 Å². The van der Waals surface area contributed by atoms with E-state index in [0.29, 0.717) is 18.6 Å². The quantitative estimate of drug-likeness (QED) is 0.748. The van der Waals surface area contributed by atoms with Gasteiger partial charge in [0.05, 0.1) is 19.8 Å². The Morgan fingerprint density at radius 2 is 1.90 bits per heavy atom. The molecule has 0 aliphatic carbocycles. The SMILES string of the molecule is COc1ccccc1-c1cccc([C@@H]2C[C@H]3[C@H](CON3C)CN2C(=O)C(C)(C)C)c1. The van der Waals surface area contributed by atoms with Crippen LogP contribution in [0.2, 0.25) is 0 Å². The summed E-state index contributed by atoms with van der Waals surface area (Å²) in [6, 6.07) is 16.9. The van der Waals surface area contributed by atoms with E-state index in [0.717, 1.165) is 35.4 Å². The summed E-state index contributed by atoms with van der Waals surface area (Å²) in [4.78, 5) is 21.3. The van der Waals surface area contributed by atoms with Gasteiger partial charge in [-0.3, -0.25) is 9.63 Å². The van der Waals surface area contributed by atoms with Crippen LogP contribution in [0.25, 0.3) is 11.1 Å². The first-order valence-corrected chi connectivity index (χ1v) is 10.7. The number of benzene rings is 2. The average Bonchev–Trinajstić information content (AvgIpc) is 3.11. The number of ether oxygens (including phenoxy) is 1. The van der Waals surface area contributed by atoms with Crippen LogP contribution >= 0.6 is 0 Å². The lowest BCUT2D eigenvalue weighted by molar-refractivity contribution is -0.147. The predicted octanol–water partition coefficient (Wildman–Crippen LogP) is 4.54. The van der Waals surface area contributed by atoms with E-state index in [1.807, 2.05) is 51.1 Å². The van der Waals surface area contributed by atoms with E-state index in [2.05, 4.69) is 35.2 Å². The standard InChI is InChI=1S/C25H32N2O3/c1-25(2,3)24(28)27-15-19-16-30-26(4)21(19)14-22(27)18-10-8-9-17(13-18)20-11-6-7-12-23(20)29-5/h6-13,19,21-22H,14-16H2,1-5H3/t19-,21-,22-/m0/s1. The minimum Gasteiger partial charge on any atom is -0.496 e. The molecule has 2 aliphatic heterocycles. The van der Waals surface area contributed by atoms with Crippen LogP contribution in [0.3, 0.4) is 0 Å². The van der Waals surface area contributed by atoms with Gasteiger partial charge in [0, 0.05) is 36.5 Å². The van der Waals surface area contributed by atoms with Crippen molar-refractivity contribution < 1.29 is 14.4 Å². The van der Waals surface area contributed by atoms with Crippen molar-refractivity contribution in [2.45, 2.75) is 39.3 Å². The van der Waals surface area contributed by atoms with Gasteiger partial charge in [0.1, 0.15) is 5.75 Å². The van der Waals surface area contributed by atoms with E-state index in [1.54, 1.807) is 7.11 Å². The normalized spacial score (nSPS) is 24.6. The number of carbonyl (C=O) groups is 1. The van der Waals surface area contributed by atoms with Crippen LogP contribution in [0, 0.1) is 11.3 Å². The van der Waals surface area contributed by atoms with Crippen LogP contribution in [-0.4, -0.2) is 49.2 Å². The lowest BCUT2D eigenvalue weighted by Crippen LogP contribution is -2.52. The lowest BCUT2D eigenvalue weighted by atomic mass is 9.82. The van der Waals surface area contributed by atoms with Gasteiger partial charge in [-0.15, -0.1) is 0 Å². The highest BCUT2D eigenvalue weighted by molar-refractivity contribution is 5.82. The molecule has 2 aliphatic rings. The third-order valence-electron chi connectivity index (χ3n) is 6.37. The van der Waals surface area contributed by atoms with E-state index >= 15 is 0 Å². The number of likely N-dealkylation sites (tertiary alicyclic amines) is 1. The van der Waals surface area contributed by atoms with Gasteiger partial charge in [-0.1, -0.05) is 57.2 Å². The number of piperidine rings is 1. The number of carbonyl (C=O) groups excluding carboxylic acids is 1. The summed E-state index contributed by atoms with van der Waals surface area (Å²) >= 11 is 0. The molecule has 30 heavy (non-hydrogen) atoms. The Balaban J connectivity index is 1.73. The first-order valence-electron chi connectivity index (χ1n) is 10.7. The summed E-state index contributed by atoms with van der Waals surface area (Å²) in [6.45, 7) is 7.42. The fourth-order valence-electron chi connectivity index (χ4n) is 4.74. The molecule has 5 nitrogen and oxygen atoms in total. The molecule has 0 unspecified atom stereocenters. The fraction of sp³-hybridized carbons (Fsp3) is 0.480. The van der Waals surface area contributed by atoms with E-state index in [1.165, 1.54) is 0 Å². The van der Waals surface area contributed by atoms with Crippen molar-refractivity contribution in [3.63, 3.8) is 0 Å². The fourth-order valence-corrected chi connectivity index (χ4v) is 4.74. The van der Waals surface area contributed by atoms with E-state index in [4.69, 9.17) is 9.57 Å². The number of methoxy groups -OCH3 is 1. The van der Waals surface area contributed by atoms with Crippen LogP contribution < -0.4 is 4.74 Å². The number of hydroxylamine groups is 2. The smallest absolute Gasteiger partial charge is 0.228 e. The van der Waals surface area contributed by atoms with Crippen molar-refractivity contribution in [1.82, 2.24) is 9.96 Å². The maximum atomic E-state index is 13.4. The van der Waals surface area contributed by atoms with Crippen LogP contribution in [0.4, 0.5) is 0 Å². The molecule has 0 N–H and O–H groups in total. The molecule has 1 amide bonds. The second-order valence-electron chi connectivity index (χ2n) is 9.45. The predicted molar refractivity (Wildman–Crippen MR) is 118 cm³/mol. The third-order valence-corrected chi connectivity index (χ3v) is 6.37. The van der Waals surface area contributed by atoms with Gasteiger partial charge in [0.15, 0.2) is 0 Å². The summed E-state index contributed by atoms with van der Waals surface area (Å²) in [5, 5.41) is 1.99. The van der Waals surface area contributed by atoms with Gasteiger partial charge in [0.25, 0.3) is 0 Å². The largest absolute Gasteiger partial charge is 0.496 e. The number of nitrogens with zero attached hydrogens (tertiary/aromatic N) is 2. The molecule has 0 radical (unpaired) electrons. The maximum Gasteiger partial charge on any atom is 0.228 e. The molecule has 4 rings (SSSR count). The highest BCUT2D eigenvalue weighted by Gasteiger charge is 2.45. The molecule has 2 aromatic carbocycles. The molecular weight excluding hydrogens is 376 g/mol. The van der Waals surface area contributed by atoms with Crippen molar-refractivity contribution >= 4 is 5.91 Å². The van der Waals surface area contributed by atoms with E-state index < -0.39 is 5.41 Å². The number of fused-ring (bicyclic) bond motifs is 1. The summed E-state index contributed by atoms with van der Waals surface area (Å²) < 4.78 is 5.57. The van der Waals surface area contributed by atoms with Crippen molar-refractivity contribution in [3.8, 4) is 16.9 Å². The molecule has 3 atom stereocenters. The van der Waals surface area contributed by atoms with E-state index in [-0.39, 0.29) is 11.9 Å². The number of hydrogen-bond donors (Lipinski definition) is 0. The van der Waals surface area contributed by atoms with Crippen molar-refractivity contribution in [1.29, 1.82) is 0 Å². The molecule has 160 valence electrons. The van der Waals surface area contributed by atoms with Crippen LogP contribution in [0.5, 0.6) is 5.75 Å². The monoisotopic (exact) mass is 408 g/mol. The second-order valence-corrected chi connectivity index (χ2v) is 9.45. The molecule has 0 bridgehead atoms. The van der Waals surface area contributed by atoms with Crippen molar-refractivity contribution in [2.75, 3.05) is 27.3 Å². The molecule has 0 saturated carbocycles. The van der Waals surface area contributed by atoms with Gasteiger partial charge in [0.2, 0.25) is 5.91 Å². The number of amides is 1. The molecule has 5 heteroatoms. The minimum absolute atomic E-state index is 0.0248. The number of rotatable bonds is 3. The second kappa shape index (κ2) is 8.05. The summed E-state index contributed by atoms with van der Waals surface area (Å²) in [6.07, 6.45) is 0.873. The Morgan fingerprint density at radius 3 is 2.63 bits per heavy atom. The van der Waals surface area contributed by atoms with Crippen LogP contribution in [0.1, 0.15) is 38.8 Å². The first-order chi connectivity index (χ1) is 14.3. The molecule has 2 saturated heterocycles. The molecule has 2 fully saturated rings. The van der Waals surface area contributed by atoms with Gasteiger partial charge < -0.3 is 9.64 Å². The molecule has 0 spiro atoms. The van der Waals surface area contributed by atoms with Crippen LogP contribution in [-0.2, 0) is 9.63 Å². The average molecular weight is 409 g/mol. The molecular formula is C25H32N2O3. The zero-order valence-corrected chi connectivity index (χ0v) is 18.6. The zero-order chi connectivity index (χ0) is 21.5. The topological polar surface area (TPSA) is 42.0 Å². The number of para-hydroxylation sites is 1. The summed E-state index contributed by atoms with van der Waals surface area (Å²) in [5.74, 6) is 1.41.